The van der Waals surface area contributed by atoms with Crippen LogP contribution in [0.1, 0.15) is 22.3 Å². The fourth-order valence-electron chi connectivity index (χ4n) is 2.39. The van der Waals surface area contributed by atoms with Crippen LogP contribution in [0.5, 0.6) is 5.75 Å². The molecule has 0 heterocycles. The third-order valence-electron chi connectivity index (χ3n) is 3.84. The first kappa shape index (κ1) is 19.9. The zero-order valence-corrected chi connectivity index (χ0v) is 15.3. The van der Waals surface area contributed by atoms with Crippen molar-refractivity contribution in [3.8, 4) is 5.75 Å². The van der Waals surface area contributed by atoms with E-state index in [9.17, 15) is 9.59 Å². The Morgan fingerprint density at radius 2 is 1.78 bits per heavy atom. The lowest BCUT2D eigenvalue weighted by Crippen LogP contribution is -2.04. The Balaban J connectivity index is 2.08. The van der Waals surface area contributed by atoms with Crippen LogP contribution in [-0.2, 0) is 20.7 Å². The molecule has 0 amide bonds. The van der Waals surface area contributed by atoms with Gasteiger partial charge in [-0.3, -0.25) is 0 Å². The summed E-state index contributed by atoms with van der Waals surface area (Å²) in [6, 6.07) is 13.4. The fourth-order valence-corrected chi connectivity index (χ4v) is 2.39. The minimum atomic E-state index is -0.487. The Kier molecular flexibility index (Phi) is 7.32. The van der Waals surface area contributed by atoms with Gasteiger partial charge in [0.05, 0.1) is 6.61 Å². The largest absolute Gasteiger partial charge is 0.462 e. The van der Waals surface area contributed by atoms with Gasteiger partial charge in [-0.2, -0.15) is 0 Å². The number of ether oxygens (including phenoxy) is 2. The minimum absolute atomic E-state index is 0.313. The zero-order valence-electron chi connectivity index (χ0n) is 15.3. The predicted molar refractivity (Wildman–Crippen MR) is 107 cm³/mol. The summed E-state index contributed by atoms with van der Waals surface area (Å²) in [6.45, 7) is 9.07. The molecule has 0 aliphatic heterocycles. The summed E-state index contributed by atoms with van der Waals surface area (Å²) in [5.41, 5.74) is 4.11. The van der Waals surface area contributed by atoms with E-state index in [1.807, 2.05) is 55.5 Å². The molecule has 27 heavy (non-hydrogen) atoms. The van der Waals surface area contributed by atoms with E-state index in [1.54, 1.807) is 6.07 Å². The van der Waals surface area contributed by atoms with Crippen LogP contribution in [0.25, 0.3) is 12.2 Å². The highest BCUT2D eigenvalue weighted by atomic mass is 16.5. The van der Waals surface area contributed by atoms with Crippen molar-refractivity contribution in [3.63, 3.8) is 0 Å². The minimum Gasteiger partial charge on any atom is -0.462 e. The van der Waals surface area contributed by atoms with Crippen molar-refractivity contribution in [3.05, 3.63) is 90.0 Å². The number of carbonyl (C=O) groups excluding carboxylic acids is 2. The number of hydrogen-bond acceptors (Lipinski definition) is 4. The second-order valence-electron chi connectivity index (χ2n) is 5.84. The first-order chi connectivity index (χ1) is 13.0. The molecule has 0 bridgehead atoms. The molecular formula is C23H22O4. The van der Waals surface area contributed by atoms with Gasteiger partial charge in [0.25, 0.3) is 0 Å². The van der Waals surface area contributed by atoms with Crippen LogP contribution in [0.2, 0.25) is 0 Å². The molecule has 0 unspecified atom stereocenters. The topological polar surface area (TPSA) is 52.6 Å². The average Bonchev–Trinajstić information content (AvgIpc) is 2.68. The molecule has 0 spiro atoms. The lowest BCUT2D eigenvalue weighted by molar-refractivity contribution is -0.137. The first-order valence-corrected chi connectivity index (χ1v) is 8.53. The summed E-state index contributed by atoms with van der Waals surface area (Å²) in [5.74, 6) is -0.430. The van der Waals surface area contributed by atoms with Gasteiger partial charge in [-0.15, -0.1) is 0 Å². The molecule has 0 fully saturated rings. The van der Waals surface area contributed by atoms with Gasteiger partial charge in [0.1, 0.15) is 5.75 Å². The Hall–Kier alpha value is -3.40. The van der Waals surface area contributed by atoms with E-state index in [2.05, 4.69) is 13.2 Å². The van der Waals surface area contributed by atoms with E-state index in [0.717, 1.165) is 34.4 Å². The van der Waals surface area contributed by atoms with Crippen LogP contribution in [0, 0.1) is 6.92 Å². The molecule has 0 N–H and O–H groups in total. The molecule has 2 aromatic carbocycles. The van der Waals surface area contributed by atoms with Crippen LogP contribution < -0.4 is 4.74 Å². The van der Waals surface area contributed by atoms with Gasteiger partial charge in [-0.05, 0) is 41.3 Å². The third kappa shape index (κ3) is 6.44. The van der Waals surface area contributed by atoms with Crippen LogP contribution in [0.3, 0.4) is 0 Å². The van der Waals surface area contributed by atoms with E-state index in [-0.39, 0.29) is 0 Å². The van der Waals surface area contributed by atoms with Gasteiger partial charge in [0, 0.05) is 18.6 Å². The summed E-state index contributed by atoms with van der Waals surface area (Å²) >= 11 is 0. The molecule has 2 aromatic rings. The standard InChI is InChI=1S/C23H22O4/c1-4-22(24)26-14-13-19-8-6-7-18(15-19)10-11-20-16-21(12-9-17(20)3)27-23(25)5-2/h4-12,15-16H,1-2,13-14H2,3H3/b11-10-. The highest BCUT2D eigenvalue weighted by molar-refractivity contribution is 5.83. The van der Waals surface area contributed by atoms with Crippen molar-refractivity contribution in [1.29, 1.82) is 0 Å². The van der Waals surface area contributed by atoms with Gasteiger partial charge >= 0.3 is 11.9 Å². The average molecular weight is 362 g/mol. The van der Waals surface area contributed by atoms with Crippen LogP contribution in [-0.4, -0.2) is 18.5 Å². The second kappa shape index (κ2) is 9.92. The Morgan fingerprint density at radius 1 is 1.00 bits per heavy atom. The molecule has 138 valence electrons. The van der Waals surface area contributed by atoms with E-state index in [4.69, 9.17) is 9.47 Å². The first-order valence-electron chi connectivity index (χ1n) is 8.53. The number of hydrogen-bond donors (Lipinski definition) is 0. The van der Waals surface area contributed by atoms with Gasteiger partial charge in [0.2, 0.25) is 0 Å². The SMILES string of the molecule is C=CC(=O)OCCc1cccc(/C=C\c2cc(OC(=O)C=C)ccc2C)c1. The summed E-state index contributed by atoms with van der Waals surface area (Å²) < 4.78 is 10.2. The maximum absolute atomic E-state index is 11.3. The number of rotatable bonds is 8. The summed E-state index contributed by atoms with van der Waals surface area (Å²) in [7, 11) is 0. The van der Waals surface area contributed by atoms with Crippen LogP contribution >= 0.6 is 0 Å². The lowest BCUT2D eigenvalue weighted by Gasteiger charge is -2.06. The second-order valence-corrected chi connectivity index (χ2v) is 5.84. The fraction of sp³-hybridized carbons (Fsp3) is 0.130. The summed E-state index contributed by atoms with van der Waals surface area (Å²) in [5, 5.41) is 0. The van der Waals surface area contributed by atoms with Gasteiger partial charge in [0.15, 0.2) is 0 Å². The normalized spacial score (nSPS) is 10.4. The van der Waals surface area contributed by atoms with Crippen molar-refractivity contribution in [2.24, 2.45) is 0 Å². The third-order valence-corrected chi connectivity index (χ3v) is 3.84. The predicted octanol–water partition coefficient (Wildman–Crippen LogP) is 4.53. The lowest BCUT2D eigenvalue weighted by atomic mass is 10.0. The molecule has 0 radical (unpaired) electrons. The molecule has 0 saturated heterocycles. The summed E-state index contributed by atoms with van der Waals surface area (Å²) in [6.07, 6.45) is 6.88. The van der Waals surface area contributed by atoms with Crippen molar-refractivity contribution >= 4 is 24.1 Å². The molecule has 2 rings (SSSR count). The molecular weight excluding hydrogens is 340 g/mol. The molecule has 0 aliphatic carbocycles. The highest BCUT2D eigenvalue weighted by Gasteiger charge is 2.03. The zero-order chi connectivity index (χ0) is 19.6. The van der Waals surface area contributed by atoms with Gasteiger partial charge in [-0.25, -0.2) is 9.59 Å². The van der Waals surface area contributed by atoms with Crippen LogP contribution in [0.4, 0.5) is 0 Å². The quantitative estimate of drug-likeness (QED) is 0.300. The Labute approximate surface area is 159 Å². The Morgan fingerprint density at radius 3 is 2.52 bits per heavy atom. The van der Waals surface area contributed by atoms with Crippen molar-refractivity contribution in [1.82, 2.24) is 0 Å². The van der Waals surface area contributed by atoms with Crippen molar-refractivity contribution < 1.29 is 19.1 Å². The van der Waals surface area contributed by atoms with E-state index in [1.165, 1.54) is 0 Å². The maximum Gasteiger partial charge on any atom is 0.335 e. The molecule has 0 saturated carbocycles. The van der Waals surface area contributed by atoms with E-state index < -0.39 is 11.9 Å². The van der Waals surface area contributed by atoms with E-state index in [0.29, 0.717) is 18.8 Å². The Bertz CT molecular complexity index is 878. The van der Waals surface area contributed by atoms with Gasteiger partial charge in [-0.1, -0.05) is 55.6 Å². The maximum atomic E-state index is 11.3. The molecule has 0 atom stereocenters. The highest BCUT2D eigenvalue weighted by Crippen LogP contribution is 2.20. The van der Waals surface area contributed by atoms with Crippen LogP contribution in [0.15, 0.2) is 67.8 Å². The number of carbonyl (C=O) groups is 2. The van der Waals surface area contributed by atoms with E-state index >= 15 is 0 Å². The van der Waals surface area contributed by atoms with Crippen molar-refractivity contribution in [2.75, 3.05) is 6.61 Å². The number of esters is 2. The number of benzene rings is 2. The number of aryl methyl sites for hydroxylation is 1. The molecule has 4 nitrogen and oxygen atoms in total. The monoisotopic (exact) mass is 362 g/mol. The summed E-state index contributed by atoms with van der Waals surface area (Å²) in [4.78, 5) is 22.4. The molecule has 0 aliphatic rings. The van der Waals surface area contributed by atoms with Crippen molar-refractivity contribution in [2.45, 2.75) is 13.3 Å². The molecule has 0 aromatic heterocycles. The molecule has 4 heteroatoms. The smallest absolute Gasteiger partial charge is 0.335 e. The van der Waals surface area contributed by atoms with Gasteiger partial charge < -0.3 is 9.47 Å².